The third-order valence-corrected chi connectivity index (χ3v) is 5.11. The van der Waals surface area contributed by atoms with Gasteiger partial charge >= 0.3 is 0 Å². The lowest BCUT2D eigenvalue weighted by Crippen LogP contribution is -2.48. The van der Waals surface area contributed by atoms with E-state index in [1.807, 2.05) is 0 Å². The van der Waals surface area contributed by atoms with Gasteiger partial charge in [-0.3, -0.25) is 20.4 Å². The Morgan fingerprint density at radius 2 is 1.70 bits per heavy atom. The van der Waals surface area contributed by atoms with Crippen molar-refractivity contribution in [3.63, 3.8) is 0 Å². The molecule has 0 aliphatic rings. The zero-order chi connectivity index (χ0) is 20.0. The summed E-state index contributed by atoms with van der Waals surface area (Å²) in [7, 11) is 0. The molecule has 1 atom stereocenters. The molecule has 0 saturated carbocycles. The van der Waals surface area contributed by atoms with Gasteiger partial charge in [0.25, 0.3) is 11.8 Å². The first-order valence-electron chi connectivity index (χ1n) is 7.54. The molecule has 2 amide bonds. The quantitative estimate of drug-likeness (QED) is 0.486. The zero-order valence-corrected chi connectivity index (χ0v) is 19.4. The molecule has 2 rings (SSSR count). The van der Waals surface area contributed by atoms with Crippen LogP contribution in [-0.4, -0.2) is 24.5 Å². The van der Waals surface area contributed by atoms with Crippen molar-refractivity contribution >= 4 is 71.2 Å². The van der Waals surface area contributed by atoms with E-state index in [1.165, 1.54) is 0 Å². The van der Waals surface area contributed by atoms with Gasteiger partial charge in [0.05, 0.1) is 8.95 Å². The summed E-state index contributed by atoms with van der Waals surface area (Å²) in [6.07, 6.45) is -0.843. The van der Waals surface area contributed by atoms with Gasteiger partial charge in [-0.25, -0.2) is 0 Å². The van der Waals surface area contributed by atoms with Crippen LogP contribution in [0.2, 0.25) is 5.02 Å². The second-order valence-corrected chi connectivity index (χ2v) is 8.30. The predicted molar refractivity (Wildman–Crippen MR) is 113 cm³/mol. The summed E-state index contributed by atoms with van der Waals surface area (Å²) >= 11 is 15.8. The molecule has 2 aromatic rings. The monoisotopic (exact) mass is 582 g/mol. The van der Waals surface area contributed by atoms with E-state index < -0.39 is 17.9 Å². The van der Waals surface area contributed by atoms with Crippen molar-refractivity contribution in [3.05, 3.63) is 54.8 Å². The van der Waals surface area contributed by atoms with Crippen LogP contribution in [0.4, 0.5) is 0 Å². The fraction of sp³-hybridized carbons (Fsp3) is 0.176. The van der Waals surface area contributed by atoms with Gasteiger partial charge in [0.15, 0.2) is 12.7 Å². The van der Waals surface area contributed by atoms with E-state index in [0.29, 0.717) is 25.5 Å². The van der Waals surface area contributed by atoms with E-state index in [-0.39, 0.29) is 6.61 Å². The van der Waals surface area contributed by atoms with Crippen LogP contribution in [0.5, 0.6) is 11.5 Å². The van der Waals surface area contributed by atoms with E-state index in [0.717, 1.165) is 4.47 Å². The lowest BCUT2D eigenvalue weighted by molar-refractivity contribution is -0.133. The van der Waals surface area contributed by atoms with Gasteiger partial charge in [-0.2, -0.15) is 0 Å². The maximum Gasteiger partial charge on any atom is 0.279 e. The minimum absolute atomic E-state index is 0.265. The molecule has 144 valence electrons. The Bertz CT molecular complexity index is 851. The second kappa shape index (κ2) is 10.3. The molecular weight excluding hydrogens is 571 g/mol. The largest absolute Gasteiger partial charge is 0.483 e. The minimum atomic E-state index is -0.843. The van der Waals surface area contributed by atoms with Crippen LogP contribution in [-0.2, 0) is 9.59 Å². The Morgan fingerprint density at radius 1 is 1.04 bits per heavy atom. The Hall–Kier alpha value is -1.29. The maximum atomic E-state index is 12.1. The molecule has 27 heavy (non-hydrogen) atoms. The van der Waals surface area contributed by atoms with Crippen LogP contribution in [0.15, 0.2) is 49.8 Å². The third-order valence-electron chi connectivity index (χ3n) is 3.14. The molecule has 6 nitrogen and oxygen atoms in total. The van der Waals surface area contributed by atoms with Crippen LogP contribution >= 0.6 is 59.4 Å². The number of hydrogen-bond donors (Lipinski definition) is 2. The molecule has 0 aromatic heterocycles. The van der Waals surface area contributed by atoms with Crippen molar-refractivity contribution in [2.24, 2.45) is 0 Å². The van der Waals surface area contributed by atoms with Crippen LogP contribution in [0.1, 0.15) is 6.92 Å². The standard InChI is InChI=1S/C17H14Br3ClN2O4/c1-9(27-15-5-3-11(21)7-13(15)20)17(25)23-22-16(24)8-26-14-4-2-10(18)6-12(14)19/h2-7,9H,8H2,1H3,(H,22,24)(H,23,25). The number of rotatable bonds is 6. The number of halogens is 4. The Balaban J connectivity index is 1.79. The summed E-state index contributed by atoms with van der Waals surface area (Å²) in [6.45, 7) is 1.29. The van der Waals surface area contributed by atoms with Gasteiger partial charge in [-0.1, -0.05) is 27.5 Å². The van der Waals surface area contributed by atoms with E-state index in [1.54, 1.807) is 43.3 Å². The van der Waals surface area contributed by atoms with Crippen molar-refractivity contribution in [1.82, 2.24) is 10.9 Å². The van der Waals surface area contributed by atoms with Crippen molar-refractivity contribution < 1.29 is 19.1 Å². The van der Waals surface area contributed by atoms with Crippen molar-refractivity contribution in [3.8, 4) is 11.5 Å². The summed E-state index contributed by atoms with van der Waals surface area (Å²) in [5, 5.41) is 0.538. The molecule has 0 aliphatic carbocycles. The number of hydrazine groups is 1. The summed E-state index contributed by atoms with van der Waals surface area (Å²) in [5.41, 5.74) is 4.56. The molecule has 2 N–H and O–H groups in total. The third kappa shape index (κ3) is 6.99. The summed E-state index contributed by atoms with van der Waals surface area (Å²) in [5.74, 6) is -0.0752. The number of nitrogens with one attached hydrogen (secondary N) is 2. The topological polar surface area (TPSA) is 76.7 Å². The lowest BCUT2D eigenvalue weighted by atomic mass is 10.3. The first kappa shape index (κ1) is 22.0. The highest BCUT2D eigenvalue weighted by Gasteiger charge is 2.17. The molecule has 2 aromatic carbocycles. The molecule has 0 radical (unpaired) electrons. The average Bonchev–Trinajstić information content (AvgIpc) is 2.61. The lowest BCUT2D eigenvalue weighted by Gasteiger charge is -2.16. The van der Waals surface area contributed by atoms with Crippen molar-refractivity contribution in [2.75, 3.05) is 6.61 Å². The first-order valence-corrected chi connectivity index (χ1v) is 10.3. The highest BCUT2D eigenvalue weighted by molar-refractivity contribution is 9.11. The molecule has 0 spiro atoms. The fourth-order valence-electron chi connectivity index (χ4n) is 1.82. The smallest absolute Gasteiger partial charge is 0.279 e. The Morgan fingerprint density at radius 3 is 2.37 bits per heavy atom. The van der Waals surface area contributed by atoms with Gasteiger partial charge in [0, 0.05) is 9.50 Å². The molecule has 0 aliphatic heterocycles. The van der Waals surface area contributed by atoms with Gasteiger partial charge in [-0.15, -0.1) is 0 Å². The van der Waals surface area contributed by atoms with Crippen LogP contribution in [0.25, 0.3) is 0 Å². The van der Waals surface area contributed by atoms with E-state index in [2.05, 4.69) is 58.6 Å². The van der Waals surface area contributed by atoms with E-state index in [9.17, 15) is 9.59 Å². The van der Waals surface area contributed by atoms with Crippen LogP contribution in [0, 0.1) is 0 Å². The van der Waals surface area contributed by atoms with Gasteiger partial charge < -0.3 is 9.47 Å². The molecule has 0 bridgehead atoms. The second-order valence-electron chi connectivity index (χ2n) is 5.24. The van der Waals surface area contributed by atoms with Gasteiger partial charge in [0.1, 0.15) is 11.5 Å². The van der Waals surface area contributed by atoms with Crippen LogP contribution < -0.4 is 20.3 Å². The highest BCUT2D eigenvalue weighted by atomic mass is 79.9. The van der Waals surface area contributed by atoms with Crippen LogP contribution in [0.3, 0.4) is 0 Å². The minimum Gasteiger partial charge on any atom is -0.483 e. The van der Waals surface area contributed by atoms with Gasteiger partial charge in [0.2, 0.25) is 0 Å². The number of carbonyl (C=O) groups excluding carboxylic acids is 2. The average molecular weight is 585 g/mol. The van der Waals surface area contributed by atoms with E-state index in [4.69, 9.17) is 21.1 Å². The number of benzene rings is 2. The molecule has 0 saturated heterocycles. The zero-order valence-electron chi connectivity index (χ0n) is 13.9. The number of hydrogen-bond acceptors (Lipinski definition) is 4. The summed E-state index contributed by atoms with van der Waals surface area (Å²) in [4.78, 5) is 23.9. The SMILES string of the molecule is CC(Oc1ccc(Cl)cc1Br)C(=O)NNC(=O)COc1ccc(Br)cc1Br. The summed E-state index contributed by atoms with van der Waals surface area (Å²) < 4.78 is 13.1. The summed E-state index contributed by atoms with van der Waals surface area (Å²) in [6, 6.07) is 10.2. The molecule has 10 heteroatoms. The van der Waals surface area contributed by atoms with Gasteiger partial charge in [-0.05, 0) is 75.2 Å². The molecule has 1 unspecified atom stereocenters. The number of carbonyl (C=O) groups is 2. The first-order chi connectivity index (χ1) is 12.8. The van der Waals surface area contributed by atoms with Crippen molar-refractivity contribution in [1.29, 1.82) is 0 Å². The highest BCUT2D eigenvalue weighted by Crippen LogP contribution is 2.29. The number of ether oxygens (including phenoxy) is 2. The Labute approximate surface area is 186 Å². The maximum absolute atomic E-state index is 12.1. The molecule has 0 fully saturated rings. The molecule has 0 heterocycles. The van der Waals surface area contributed by atoms with E-state index >= 15 is 0 Å². The van der Waals surface area contributed by atoms with Crippen molar-refractivity contribution in [2.45, 2.75) is 13.0 Å². The number of amides is 2. The molecular formula is C17H14Br3ClN2O4. The predicted octanol–water partition coefficient (Wildman–Crippen LogP) is 4.62. The normalized spacial score (nSPS) is 11.4. The Kier molecular flexibility index (Phi) is 8.40. The fourth-order valence-corrected chi connectivity index (χ4v) is 3.76.